The predicted octanol–water partition coefficient (Wildman–Crippen LogP) is 2.49. The van der Waals surface area contributed by atoms with Crippen molar-refractivity contribution in [3.05, 3.63) is 34.9 Å². The monoisotopic (exact) mass is 473 g/mol. The quantitative estimate of drug-likeness (QED) is 0.363. The molecule has 1 rings (SSSR count). The maximum absolute atomic E-state index is 11.2. The number of rotatable bonds is 7. The molecule has 1 unspecified atom stereocenters. The average molecular weight is 474 g/mol. The number of hydrogen-bond acceptors (Lipinski definition) is 3. The molecule has 0 fully saturated rings. The van der Waals surface area contributed by atoms with E-state index in [-0.39, 0.29) is 35.8 Å². The van der Waals surface area contributed by atoms with Crippen LogP contribution in [0.3, 0.4) is 0 Å². The molecule has 1 aromatic carbocycles. The third-order valence-electron chi connectivity index (χ3n) is 3.12. The van der Waals surface area contributed by atoms with Gasteiger partial charge in [0.2, 0.25) is 0 Å². The van der Waals surface area contributed by atoms with Crippen molar-refractivity contribution in [1.82, 2.24) is 10.6 Å². The normalized spacial score (nSPS) is 13.1. The van der Waals surface area contributed by atoms with Gasteiger partial charge in [0, 0.05) is 30.9 Å². The molecular weight excluding hydrogens is 449 g/mol. The Hall–Kier alpha value is -0.540. The van der Waals surface area contributed by atoms with Crippen LogP contribution in [-0.2, 0) is 16.3 Å². The molecule has 0 bridgehead atoms. The molecule has 0 aliphatic heterocycles. The maximum atomic E-state index is 11.2. The summed E-state index contributed by atoms with van der Waals surface area (Å²) in [6.07, 6.45) is 2.63. The molecule has 1 aromatic rings. The molecule has 0 saturated heterocycles. The number of nitrogens with one attached hydrogen (secondary N) is 2. The van der Waals surface area contributed by atoms with Gasteiger partial charge < -0.3 is 10.6 Å². The van der Waals surface area contributed by atoms with Crippen molar-refractivity contribution < 1.29 is 8.42 Å². The summed E-state index contributed by atoms with van der Waals surface area (Å²) in [6.45, 7) is 2.66. The maximum Gasteiger partial charge on any atom is 0.191 e. The van der Waals surface area contributed by atoms with Crippen molar-refractivity contribution in [2.24, 2.45) is 4.99 Å². The standard InChI is InChI=1S/C15H24ClN3O2S.HI/c1-12(8-10-22(3,20)21)19-15(17-2)18-9-7-13-5-4-6-14(16)11-13;/h4-6,11-12H,7-10H2,1-3H3,(H2,17,18,19);1H. The van der Waals surface area contributed by atoms with E-state index >= 15 is 0 Å². The number of nitrogens with zero attached hydrogens (tertiary/aromatic N) is 1. The molecule has 0 heterocycles. The molecule has 0 aliphatic rings. The van der Waals surface area contributed by atoms with E-state index in [1.54, 1.807) is 7.05 Å². The molecule has 8 heteroatoms. The van der Waals surface area contributed by atoms with E-state index in [2.05, 4.69) is 15.6 Å². The fourth-order valence-electron chi connectivity index (χ4n) is 1.91. The Morgan fingerprint density at radius 2 is 2.09 bits per heavy atom. The molecular formula is C15H25ClIN3O2S. The molecule has 0 saturated carbocycles. The molecule has 2 N–H and O–H groups in total. The smallest absolute Gasteiger partial charge is 0.191 e. The minimum Gasteiger partial charge on any atom is -0.356 e. The first-order valence-corrected chi connectivity index (χ1v) is 9.63. The molecule has 0 amide bonds. The Balaban J connectivity index is 0.00000484. The summed E-state index contributed by atoms with van der Waals surface area (Å²) in [7, 11) is -1.24. The first kappa shape index (κ1) is 22.5. The van der Waals surface area contributed by atoms with Crippen molar-refractivity contribution in [2.75, 3.05) is 25.6 Å². The second-order valence-electron chi connectivity index (χ2n) is 5.34. The Bertz CT molecular complexity index is 608. The summed E-state index contributed by atoms with van der Waals surface area (Å²) >= 11 is 5.95. The SMILES string of the molecule is CN=C(NCCc1cccc(Cl)c1)NC(C)CCS(C)(=O)=O.I. The van der Waals surface area contributed by atoms with Gasteiger partial charge in [0.05, 0.1) is 5.75 Å². The van der Waals surface area contributed by atoms with Crippen molar-refractivity contribution in [3.8, 4) is 0 Å². The van der Waals surface area contributed by atoms with Gasteiger partial charge in [0.25, 0.3) is 0 Å². The lowest BCUT2D eigenvalue weighted by Gasteiger charge is -2.17. The molecule has 0 aromatic heterocycles. The zero-order chi connectivity index (χ0) is 16.6. The van der Waals surface area contributed by atoms with Crippen LogP contribution in [0.15, 0.2) is 29.3 Å². The van der Waals surface area contributed by atoms with E-state index in [9.17, 15) is 8.42 Å². The van der Waals surface area contributed by atoms with Crippen LogP contribution in [0.2, 0.25) is 5.02 Å². The van der Waals surface area contributed by atoms with Crippen LogP contribution in [0, 0.1) is 0 Å². The third-order valence-corrected chi connectivity index (χ3v) is 4.34. The predicted molar refractivity (Wildman–Crippen MR) is 109 cm³/mol. The Morgan fingerprint density at radius 1 is 1.39 bits per heavy atom. The van der Waals surface area contributed by atoms with E-state index in [0.29, 0.717) is 12.4 Å². The lowest BCUT2D eigenvalue weighted by atomic mass is 10.1. The minimum atomic E-state index is -2.93. The van der Waals surface area contributed by atoms with Gasteiger partial charge in [-0.25, -0.2) is 8.42 Å². The van der Waals surface area contributed by atoms with Crippen molar-refractivity contribution >= 4 is 51.4 Å². The number of sulfone groups is 1. The second-order valence-corrected chi connectivity index (χ2v) is 8.04. The third kappa shape index (κ3) is 10.8. The first-order chi connectivity index (χ1) is 10.3. The Labute approximate surface area is 161 Å². The minimum absolute atomic E-state index is 0. The molecule has 0 spiro atoms. The van der Waals surface area contributed by atoms with E-state index in [1.807, 2.05) is 31.2 Å². The first-order valence-electron chi connectivity index (χ1n) is 7.19. The molecule has 132 valence electrons. The van der Waals surface area contributed by atoms with Crippen LogP contribution in [0.4, 0.5) is 0 Å². The van der Waals surface area contributed by atoms with Gasteiger partial charge in [-0.15, -0.1) is 24.0 Å². The van der Waals surface area contributed by atoms with Crippen LogP contribution >= 0.6 is 35.6 Å². The number of hydrogen-bond donors (Lipinski definition) is 2. The van der Waals surface area contributed by atoms with Gasteiger partial charge in [-0.3, -0.25) is 4.99 Å². The van der Waals surface area contributed by atoms with E-state index in [1.165, 1.54) is 6.26 Å². The average Bonchev–Trinajstić information content (AvgIpc) is 2.43. The van der Waals surface area contributed by atoms with Crippen molar-refractivity contribution in [1.29, 1.82) is 0 Å². The Morgan fingerprint density at radius 3 is 2.65 bits per heavy atom. The highest BCUT2D eigenvalue weighted by molar-refractivity contribution is 14.0. The van der Waals surface area contributed by atoms with Crippen LogP contribution in [0.5, 0.6) is 0 Å². The van der Waals surface area contributed by atoms with Gasteiger partial charge in [0.15, 0.2) is 5.96 Å². The number of aliphatic imine (C=N–C) groups is 1. The lowest BCUT2D eigenvalue weighted by Crippen LogP contribution is -2.43. The number of guanidine groups is 1. The van der Waals surface area contributed by atoms with Crippen LogP contribution in [0.1, 0.15) is 18.9 Å². The summed E-state index contributed by atoms with van der Waals surface area (Å²) in [5, 5.41) is 7.13. The van der Waals surface area contributed by atoms with Gasteiger partial charge >= 0.3 is 0 Å². The fourth-order valence-corrected chi connectivity index (χ4v) is 2.90. The molecule has 23 heavy (non-hydrogen) atoms. The highest BCUT2D eigenvalue weighted by atomic mass is 127. The van der Waals surface area contributed by atoms with E-state index < -0.39 is 9.84 Å². The van der Waals surface area contributed by atoms with Gasteiger partial charge in [0.1, 0.15) is 9.84 Å². The van der Waals surface area contributed by atoms with E-state index in [4.69, 9.17) is 11.6 Å². The molecule has 0 radical (unpaired) electrons. The zero-order valence-electron chi connectivity index (χ0n) is 13.7. The molecule has 0 aliphatic carbocycles. The topological polar surface area (TPSA) is 70.6 Å². The van der Waals surface area contributed by atoms with Crippen LogP contribution < -0.4 is 10.6 Å². The number of halogens is 2. The van der Waals surface area contributed by atoms with Gasteiger partial charge in [-0.2, -0.15) is 0 Å². The second kappa shape index (κ2) is 11.1. The molecule has 1 atom stereocenters. The van der Waals surface area contributed by atoms with Gasteiger partial charge in [-0.1, -0.05) is 23.7 Å². The summed E-state index contributed by atoms with van der Waals surface area (Å²) in [4.78, 5) is 4.14. The van der Waals surface area contributed by atoms with E-state index in [0.717, 1.165) is 23.6 Å². The molecule has 5 nitrogen and oxygen atoms in total. The summed E-state index contributed by atoms with van der Waals surface area (Å²) < 4.78 is 22.3. The van der Waals surface area contributed by atoms with Crippen LogP contribution in [0.25, 0.3) is 0 Å². The summed E-state index contributed by atoms with van der Waals surface area (Å²) in [6, 6.07) is 7.78. The zero-order valence-corrected chi connectivity index (χ0v) is 17.6. The fraction of sp³-hybridized carbons (Fsp3) is 0.533. The summed E-state index contributed by atoms with van der Waals surface area (Å²) in [5.41, 5.74) is 1.15. The lowest BCUT2D eigenvalue weighted by molar-refractivity contribution is 0.581. The van der Waals surface area contributed by atoms with Crippen LogP contribution in [-0.4, -0.2) is 46.0 Å². The summed E-state index contributed by atoms with van der Waals surface area (Å²) in [5.74, 6) is 0.837. The van der Waals surface area contributed by atoms with Crippen molar-refractivity contribution in [2.45, 2.75) is 25.8 Å². The van der Waals surface area contributed by atoms with Gasteiger partial charge in [-0.05, 0) is 37.5 Å². The largest absolute Gasteiger partial charge is 0.356 e. The highest BCUT2D eigenvalue weighted by Crippen LogP contribution is 2.10. The number of benzene rings is 1. The Kier molecular flexibility index (Phi) is 10.8. The van der Waals surface area contributed by atoms with Crippen molar-refractivity contribution in [3.63, 3.8) is 0 Å². The highest BCUT2D eigenvalue weighted by Gasteiger charge is 2.09.